The van der Waals surface area contributed by atoms with Gasteiger partial charge in [0.2, 0.25) is 11.8 Å². The first-order valence-corrected chi connectivity index (χ1v) is 11.4. The molecule has 180 valence electrons. The number of imidazole rings is 1. The number of aryl methyl sites for hydroxylation is 1. The second-order valence-electron chi connectivity index (χ2n) is 8.62. The van der Waals surface area contributed by atoms with Gasteiger partial charge in [0.05, 0.1) is 22.5 Å². The first-order chi connectivity index (χ1) is 17.4. The predicted molar refractivity (Wildman–Crippen MR) is 128 cm³/mol. The summed E-state index contributed by atoms with van der Waals surface area (Å²) in [5.74, 6) is -0.358. The molecule has 4 aromatic rings. The maximum Gasteiger partial charge on any atom is 0.276 e. The molecular weight excluding hydrogens is 464 g/mol. The minimum atomic E-state index is -0.828. The number of nitrogens with zero attached hydrogens (tertiary/aromatic N) is 4. The molecule has 36 heavy (non-hydrogen) atoms. The van der Waals surface area contributed by atoms with Gasteiger partial charge in [0.25, 0.3) is 11.5 Å². The molecule has 2 N–H and O–H groups in total. The van der Waals surface area contributed by atoms with E-state index < -0.39 is 23.4 Å². The number of amides is 3. The van der Waals surface area contributed by atoms with Crippen LogP contribution in [0, 0.1) is 6.92 Å². The highest BCUT2D eigenvalue weighted by atomic mass is 16.5. The van der Waals surface area contributed by atoms with E-state index in [1.54, 1.807) is 31.5 Å². The Labute approximate surface area is 203 Å². The second kappa shape index (κ2) is 8.15. The molecule has 0 aliphatic carbocycles. The van der Waals surface area contributed by atoms with Gasteiger partial charge in [-0.15, -0.1) is 0 Å². The third kappa shape index (κ3) is 3.35. The fourth-order valence-electron chi connectivity index (χ4n) is 4.74. The Bertz CT molecular complexity index is 1650. The zero-order valence-electron chi connectivity index (χ0n) is 19.1. The lowest BCUT2D eigenvalue weighted by Gasteiger charge is -2.24. The van der Waals surface area contributed by atoms with E-state index in [2.05, 4.69) is 20.6 Å². The molecule has 2 aliphatic heterocycles. The van der Waals surface area contributed by atoms with E-state index in [0.717, 1.165) is 5.69 Å². The van der Waals surface area contributed by atoms with Crippen molar-refractivity contribution in [3.8, 4) is 11.4 Å². The number of imide groups is 1. The number of carbonyl (C=O) groups excluding carboxylic acids is 3. The van der Waals surface area contributed by atoms with Crippen molar-refractivity contribution < 1.29 is 19.1 Å². The quantitative estimate of drug-likeness (QED) is 0.425. The van der Waals surface area contributed by atoms with Gasteiger partial charge >= 0.3 is 0 Å². The number of benzene rings is 2. The van der Waals surface area contributed by atoms with Crippen molar-refractivity contribution in [2.24, 2.45) is 0 Å². The minimum Gasteiger partial charge on any atom is -0.485 e. The van der Waals surface area contributed by atoms with Crippen molar-refractivity contribution in [1.29, 1.82) is 0 Å². The largest absolute Gasteiger partial charge is 0.485 e. The smallest absolute Gasteiger partial charge is 0.276 e. The van der Waals surface area contributed by atoms with Crippen molar-refractivity contribution in [1.82, 2.24) is 24.4 Å². The molecule has 0 saturated carbocycles. The van der Waals surface area contributed by atoms with E-state index in [1.807, 2.05) is 28.8 Å². The number of piperidine rings is 1. The highest BCUT2D eigenvalue weighted by Crippen LogP contribution is 2.31. The van der Waals surface area contributed by atoms with Gasteiger partial charge in [0.1, 0.15) is 36.1 Å². The monoisotopic (exact) mass is 484 g/mol. The van der Waals surface area contributed by atoms with Crippen LogP contribution in [0.3, 0.4) is 0 Å². The molecule has 2 aromatic heterocycles. The first-order valence-electron chi connectivity index (χ1n) is 11.4. The van der Waals surface area contributed by atoms with Crippen LogP contribution in [0.1, 0.15) is 40.9 Å². The number of aromatic nitrogens is 4. The average Bonchev–Trinajstić information content (AvgIpc) is 3.31. The molecule has 3 amide bonds. The van der Waals surface area contributed by atoms with Gasteiger partial charge in [-0.2, -0.15) is 0 Å². The van der Waals surface area contributed by atoms with Gasteiger partial charge in [0.15, 0.2) is 5.69 Å². The summed E-state index contributed by atoms with van der Waals surface area (Å²) in [5.41, 5.74) is 1.82. The number of para-hydroxylation sites is 3. The molecule has 6 rings (SSSR count). The summed E-state index contributed by atoms with van der Waals surface area (Å²) >= 11 is 0. The molecule has 1 atom stereocenters. The Morgan fingerprint density at radius 3 is 2.81 bits per heavy atom. The molecule has 1 unspecified atom stereocenters. The van der Waals surface area contributed by atoms with Gasteiger partial charge in [-0.05, 0) is 37.6 Å². The lowest BCUT2D eigenvalue weighted by molar-refractivity contribution is -0.135. The number of hydrogen-bond donors (Lipinski definition) is 2. The molecule has 11 nitrogen and oxygen atoms in total. The van der Waals surface area contributed by atoms with Gasteiger partial charge in [-0.3, -0.25) is 33.6 Å². The summed E-state index contributed by atoms with van der Waals surface area (Å²) in [6.45, 7) is 1.80. The SMILES string of the molecule is Cc1nc2c(NC(=O)c3ncn4c3COc3ccccc3-4)cccc2c(=O)n1C1CCC(=O)NC1=O. The summed E-state index contributed by atoms with van der Waals surface area (Å²) in [5, 5.41) is 5.34. The molecule has 4 heterocycles. The molecular formula is C25H20N6O5. The first kappa shape index (κ1) is 21.7. The van der Waals surface area contributed by atoms with Crippen LogP contribution < -0.4 is 20.9 Å². The van der Waals surface area contributed by atoms with E-state index in [9.17, 15) is 19.2 Å². The molecule has 1 saturated heterocycles. The molecule has 0 bridgehead atoms. The third-order valence-electron chi connectivity index (χ3n) is 6.45. The van der Waals surface area contributed by atoms with E-state index in [4.69, 9.17) is 4.74 Å². The van der Waals surface area contributed by atoms with Crippen molar-refractivity contribution in [2.45, 2.75) is 32.4 Å². The fourth-order valence-corrected chi connectivity index (χ4v) is 4.74. The van der Waals surface area contributed by atoms with Crippen molar-refractivity contribution in [2.75, 3.05) is 5.32 Å². The van der Waals surface area contributed by atoms with Gasteiger partial charge in [-0.25, -0.2) is 9.97 Å². The molecule has 0 spiro atoms. The van der Waals surface area contributed by atoms with Crippen LogP contribution in [0.15, 0.2) is 53.6 Å². The van der Waals surface area contributed by atoms with Crippen LogP contribution >= 0.6 is 0 Å². The van der Waals surface area contributed by atoms with Gasteiger partial charge in [0, 0.05) is 6.42 Å². The highest BCUT2D eigenvalue weighted by Gasteiger charge is 2.31. The lowest BCUT2D eigenvalue weighted by Crippen LogP contribution is -2.45. The molecule has 0 radical (unpaired) electrons. The summed E-state index contributed by atoms with van der Waals surface area (Å²) in [4.78, 5) is 59.4. The lowest BCUT2D eigenvalue weighted by atomic mass is 10.1. The number of carbonyl (C=O) groups is 3. The Hall–Kier alpha value is -4.80. The van der Waals surface area contributed by atoms with Gasteiger partial charge in [-0.1, -0.05) is 18.2 Å². The standard InChI is InChI=1S/C25H20N6O5/c1-13-27-21-14(25(35)31(13)17-9-10-20(32)29-23(17)33)5-4-6-15(21)28-24(34)22-18-11-36-19-8-3-2-7-16(19)30(18)12-26-22/h2-8,12,17H,9-11H2,1H3,(H,28,34)(H,29,32,33). The zero-order valence-corrected chi connectivity index (χ0v) is 19.1. The maximum absolute atomic E-state index is 13.4. The molecule has 1 fully saturated rings. The second-order valence-corrected chi connectivity index (χ2v) is 8.62. The number of anilines is 1. The summed E-state index contributed by atoms with van der Waals surface area (Å²) in [6.07, 6.45) is 1.93. The van der Waals surface area contributed by atoms with Crippen LogP contribution in [0.4, 0.5) is 5.69 Å². The van der Waals surface area contributed by atoms with Crippen LogP contribution in [0.25, 0.3) is 16.6 Å². The fraction of sp³-hybridized carbons (Fsp3) is 0.200. The number of rotatable bonds is 3. The molecule has 2 aromatic carbocycles. The maximum atomic E-state index is 13.4. The van der Waals surface area contributed by atoms with E-state index >= 15 is 0 Å². The molecule has 11 heteroatoms. The van der Waals surface area contributed by atoms with E-state index in [-0.39, 0.29) is 36.4 Å². The minimum absolute atomic E-state index is 0.138. The average molecular weight is 484 g/mol. The summed E-state index contributed by atoms with van der Waals surface area (Å²) < 4.78 is 8.91. The van der Waals surface area contributed by atoms with Crippen molar-refractivity contribution >= 4 is 34.3 Å². The highest BCUT2D eigenvalue weighted by molar-refractivity contribution is 6.08. The van der Waals surface area contributed by atoms with Crippen LogP contribution in [-0.2, 0) is 16.2 Å². The van der Waals surface area contributed by atoms with E-state index in [0.29, 0.717) is 28.5 Å². The number of nitrogens with one attached hydrogen (secondary N) is 2. The summed E-state index contributed by atoms with van der Waals surface area (Å²) in [6, 6.07) is 11.5. The predicted octanol–water partition coefficient (Wildman–Crippen LogP) is 2.01. The topological polar surface area (TPSA) is 137 Å². The zero-order chi connectivity index (χ0) is 25.0. The van der Waals surface area contributed by atoms with Crippen LogP contribution in [-0.4, -0.2) is 36.8 Å². The normalized spacial score (nSPS) is 16.6. The van der Waals surface area contributed by atoms with Gasteiger partial charge < -0.3 is 10.1 Å². The number of fused-ring (bicyclic) bond motifs is 4. The molecule has 2 aliphatic rings. The Balaban J connectivity index is 1.36. The van der Waals surface area contributed by atoms with Crippen molar-refractivity contribution in [3.63, 3.8) is 0 Å². The van der Waals surface area contributed by atoms with E-state index in [1.165, 1.54) is 4.57 Å². The Morgan fingerprint density at radius 1 is 1.14 bits per heavy atom. The Morgan fingerprint density at radius 2 is 1.97 bits per heavy atom. The Kier molecular flexibility index (Phi) is 4.92. The third-order valence-corrected chi connectivity index (χ3v) is 6.45. The van der Waals surface area contributed by atoms with Crippen molar-refractivity contribution in [3.05, 3.63) is 76.4 Å². The van der Waals surface area contributed by atoms with Crippen LogP contribution in [0.2, 0.25) is 0 Å². The van der Waals surface area contributed by atoms with Crippen LogP contribution in [0.5, 0.6) is 5.75 Å². The summed E-state index contributed by atoms with van der Waals surface area (Å²) in [7, 11) is 0. The number of hydrogen-bond acceptors (Lipinski definition) is 7. The number of ether oxygens (including phenoxy) is 1.